The number of ether oxygens (including phenoxy) is 1. The summed E-state index contributed by atoms with van der Waals surface area (Å²) in [5.41, 5.74) is 5.96. The van der Waals surface area contributed by atoms with Crippen molar-refractivity contribution in [3.8, 4) is 0 Å². The summed E-state index contributed by atoms with van der Waals surface area (Å²) in [6.07, 6.45) is 5.66. The van der Waals surface area contributed by atoms with E-state index in [4.69, 9.17) is 10.5 Å². The molecule has 1 aliphatic rings. The molecule has 2 aromatic heterocycles. The van der Waals surface area contributed by atoms with Gasteiger partial charge in [-0.25, -0.2) is 12.8 Å². The second-order valence-corrected chi connectivity index (χ2v) is 9.08. The fourth-order valence-electron chi connectivity index (χ4n) is 2.36. The zero-order valence-electron chi connectivity index (χ0n) is 14.7. The van der Waals surface area contributed by atoms with Crippen LogP contribution in [0.2, 0.25) is 0 Å². The van der Waals surface area contributed by atoms with Gasteiger partial charge in [0.05, 0.1) is 17.9 Å². The van der Waals surface area contributed by atoms with E-state index < -0.39 is 20.6 Å². The van der Waals surface area contributed by atoms with Gasteiger partial charge in [0.1, 0.15) is 5.82 Å². The van der Waals surface area contributed by atoms with Crippen LogP contribution in [0, 0.1) is 0 Å². The normalized spacial score (nSPS) is 16.4. The van der Waals surface area contributed by atoms with Crippen LogP contribution in [0.5, 0.6) is 0 Å². The van der Waals surface area contributed by atoms with E-state index in [1.807, 2.05) is 0 Å². The van der Waals surface area contributed by atoms with Gasteiger partial charge in [-0.15, -0.1) is 0 Å². The number of nitrogens with two attached hydrogens (primary N) is 1. The lowest BCUT2D eigenvalue weighted by molar-refractivity contribution is -0.114. The third kappa shape index (κ3) is 3.19. The summed E-state index contributed by atoms with van der Waals surface area (Å²) in [4.78, 5) is 28.0. The van der Waals surface area contributed by atoms with E-state index in [1.54, 1.807) is 0 Å². The molecule has 142 valence electrons. The lowest BCUT2D eigenvalue weighted by atomic mass is 10.0. The largest absolute Gasteiger partial charge is 0.493 e. The summed E-state index contributed by atoms with van der Waals surface area (Å²) in [6, 6.07) is 0. The number of methoxy groups -OCH3 is 1. The van der Waals surface area contributed by atoms with Crippen molar-refractivity contribution in [3.63, 3.8) is 0 Å². The van der Waals surface area contributed by atoms with Crippen molar-refractivity contribution in [2.24, 2.45) is 0 Å². The molecule has 2 N–H and O–H groups in total. The van der Waals surface area contributed by atoms with E-state index in [0.29, 0.717) is 5.57 Å². The van der Waals surface area contributed by atoms with Gasteiger partial charge in [0.2, 0.25) is 25.7 Å². The Kier molecular flexibility index (Phi) is 4.74. The van der Waals surface area contributed by atoms with Crippen LogP contribution in [0.4, 0.5) is 5.82 Å². The standard InChI is InChI=1S/C16H16N4O5S2/c1-8(2)27(23,24)16-19-26-15-18-14(22)10(13(17)20(15)16)6-9-4-5-11(21)12(7-9)25-3/h4-8H,17H2,1-3H3/b9-6+. The summed E-state index contributed by atoms with van der Waals surface area (Å²) in [5, 5.41) is -0.979. The number of sulfone groups is 1. The average molecular weight is 408 g/mol. The first-order chi connectivity index (χ1) is 12.7. The molecule has 2 heterocycles. The minimum absolute atomic E-state index is 0.00592. The number of anilines is 1. The van der Waals surface area contributed by atoms with Crippen molar-refractivity contribution in [2.45, 2.75) is 24.3 Å². The summed E-state index contributed by atoms with van der Waals surface area (Å²) >= 11 is 0.777. The van der Waals surface area contributed by atoms with Crippen LogP contribution < -0.4 is 11.3 Å². The van der Waals surface area contributed by atoms with Gasteiger partial charge in [0.25, 0.3) is 5.56 Å². The quantitative estimate of drug-likeness (QED) is 0.791. The molecule has 3 rings (SSSR count). The molecule has 0 spiro atoms. The highest BCUT2D eigenvalue weighted by Crippen LogP contribution is 2.24. The average Bonchev–Trinajstić information content (AvgIpc) is 3.04. The Morgan fingerprint density at radius 1 is 1.30 bits per heavy atom. The predicted molar refractivity (Wildman–Crippen MR) is 101 cm³/mol. The van der Waals surface area contributed by atoms with Crippen LogP contribution in [0.15, 0.2) is 39.5 Å². The van der Waals surface area contributed by atoms with Crippen LogP contribution in [0.1, 0.15) is 19.4 Å². The third-order valence-electron chi connectivity index (χ3n) is 3.91. The van der Waals surface area contributed by atoms with E-state index in [1.165, 1.54) is 45.3 Å². The Hall–Kier alpha value is -2.79. The van der Waals surface area contributed by atoms with Gasteiger partial charge in [-0.3, -0.25) is 9.59 Å². The predicted octanol–water partition coefficient (Wildman–Crippen LogP) is 0.968. The molecule has 0 saturated heterocycles. The SMILES string of the molecule is COC1=C/C(=C/c2c(N)n3c(S(=O)(=O)C(C)C)nsc3nc2=O)C=CC1=O. The molecule has 9 nitrogen and oxygen atoms in total. The molecule has 0 aromatic carbocycles. The zero-order chi connectivity index (χ0) is 19.9. The summed E-state index contributed by atoms with van der Waals surface area (Å²) in [6.45, 7) is 3.05. The smallest absolute Gasteiger partial charge is 0.283 e. The molecular weight excluding hydrogens is 392 g/mol. The number of fused-ring (bicyclic) bond motifs is 1. The second-order valence-electron chi connectivity index (χ2n) is 5.95. The van der Waals surface area contributed by atoms with Crippen LogP contribution in [-0.4, -0.2) is 40.3 Å². The molecule has 0 bridgehead atoms. The minimum Gasteiger partial charge on any atom is -0.493 e. The summed E-state index contributed by atoms with van der Waals surface area (Å²) < 4.78 is 35.1. The van der Waals surface area contributed by atoms with Crippen LogP contribution in [0.25, 0.3) is 11.0 Å². The first-order valence-electron chi connectivity index (χ1n) is 7.78. The Labute approximate surface area is 158 Å². The molecule has 27 heavy (non-hydrogen) atoms. The van der Waals surface area contributed by atoms with Crippen LogP contribution >= 0.6 is 11.5 Å². The Morgan fingerprint density at radius 3 is 2.63 bits per heavy atom. The number of nitrogens with zero attached hydrogens (tertiary/aromatic N) is 3. The molecule has 0 saturated carbocycles. The van der Waals surface area contributed by atoms with Gasteiger partial charge >= 0.3 is 0 Å². The first kappa shape index (κ1) is 19.0. The monoisotopic (exact) mass is 408 g/mol. The fourth-order valence-corrected chi connectivity index (χ4v) is 4.44. The molecule has 0 amide bonds. The highest BCUT2D eigenvalue weighted by molar-refractivity contribution is 7.91. The highest BCUT2D eigenvalue weighted by Gasteiger charge is 2.28. The zero-order valence-corrected chi connectivity index (χ0v) is 16.3. The Morgan fingerprint density at radius 2 is 2.00 bits per heavy atom. The number of nitrogen functional groups attached to an aromatic ring is 1. The molecule has 1 aliphatic carbocycles. The van der Waals surface area contributed by atoms with E-state index in [0.717, 1.165) is 15.9 Å². The molecule has 0 aliphatic heterocycles. The van der Waals surface area contributed by atoms with Gasteiger partial charge in [0.15, 0.2) is 5.76 Å². The summed E-state index contributed by atoms with van der Waals surface area (Å²) in [7, 11) is -2.38. The van der Waals surface area contributed by atoms with E-state index >= 15 is 0 Å². The van der Waals surface area contributed by atoms with E-state index in [2.05, 4.69) is 9.36 Å². The molecular formula is C16H16N4O5S2. The minimum atomic E-state index is -3.74. The molecule has 0 atom stereocenters. The number of aromatic nitrogens is 3. The highest BCUT2D eigenvalue weighted by atomic mass is 32.2. The van der Waals surface area contributed by atoms with Gasteiger partial charge in [-0.2, -0.15) is 9.36 Å². The van der Waals surface area contributed by atoms with Crippen molar-refractivity contribution < 1.29 is 17.9 Å². The molecule has 11 heteroatoms. The molecule has 0 fully saturated rings. The van der Waals surface area contributed by atoms with Gasteiger partial charge in [-0.1, -0.05) is 6.08 Å². The Balaban J connectivity index is 2.26. The Bertz CT molecular complexity index is 1200. The maximum absolute atomic E-state index is 12.5. The van der Waals surface area contributed by atoms with Gasteiger partial charge in [-0.05, 0) is 37.6 Å². The third-order valence-corrected chi connectivity index (χ3v) is 6.75. The van der Waals surface area contributed by atoms with Gasteiger partial charge < -0.3 is 10.5 Å². The first-order valence-corrected chi connectivity index (χ1v) is 10.1. The topological polar surface area (TPSA) is 134 Å². The molecule has 2 aromatic rings. The number of ketones is 1. The lowest BCUT2D eigenvalue weighted by Crippen LogP contribution is -2.21. The fraction of sp³-hybridized carbons (Fsp3) is 0.250. The maximum atomic E-state index is 12.5. The van der Waals surface area contributed by atoms with Crippen molar-refractivity contribution in [3.05, 3.63) is 45.5 Å². The van der Waals surface area contributed by atoms with Gasteiger partial charge in [0, 0.05) is 11.5 Å². The molecule has 0 unspecified atom stereocenters. The van der Waals surface area contributed by atoms with Crippen molar-refractivity contribution in [1.82, 2.24) is 13.8 Å². The number of carbonyl (C=O) groups excluding carboxylic acids is 1. The van der Waals surface area contributed by atoms with Crippen molar-refractivity contribution in [1.29, 1.82) is 0 Å². The lowest BCUT2D eigenvalue weighted by Gasteiger charge is -2.10. The van der Waals surface area contributed by atoms with Crippen LogP contribution in [-0.2, 0) is 19.4 Å². The number of rotatable bonds is 4. The summed E-state index contributed by atoms with van der Waals surface area (Å²) in [5.74, 6) is -0.292. The number of allylic oxidation sites excluding steroid dienone is 4. The van der Waals surface area contributed by atoms with Crippen LogP contribution in [0.3, 0.4) is 0 Å². The number of hydrogen-bond donors (Lipinski definition) is 1. The maximum Gasteiger partial charge on any atom is 0.283 e. The van der Waals surface area contributed by atoms with Crippen molar-refractivity contribution in [2.75, 3.05) is 12.8 Å². The van der Waals surface area contributed by atoms with Crippen molar-refractivity contribution >= 4 is 44.0 Å². The number of carbonyl (C=O) groups is 1. The van der Waals surface area contributed by atoms with E-state index in [9.17, 15) is 18.0 Å². The number of hydrogen-bond acceptors (Lipinski definition) is 9. The van der Waals surface area contributed by atoms with E-state index in [-0.39, 0.29) is 33.0 Å². The second kappa shape index (κ2) is 6.74. The molecule has 0 radical (unpaired) electrons.